The monoisotopic (exact) mass is 282 g/mol. The summed E-state index contributed by atoms with van der Waals surface area (Å²) in [4.78, 5) is 14.3. The van der Waals surface area contributed by atoms with E-state index in [1.165, 1.54) is 6.07 Å². The number of benzene rings is 1. The SMILES string of the molecule is CCS(=O)(=O)c1ccccc1C(=O)N1CCNCC1. The molecular weight excluding hydrogens is 264 g/mol. The number of carbonyl (C=O) groups excluding carboxylic acids is 1. The van der Waals surface area contributed by atoms with Crippen LogP contribution >= 0.6 is 0 Å². The van der Waals surface area contributed by atoms with Crippen LogP contribution in [0, 0.1) is 0 Å². The fourth-order valence-electron chi connectivity index (χ4n) is 2.11. The number of hydrogen-bond acceptors (Lipinski definition) is 4. The molecule has 19 heavy (non-hydrogen) atoms. The van der Waals surface area contributed by atoms with Crippen molar-refractivity contribution in [3.8, 4) is 0 Å². The summed E-state index contributed by atoms with van der Waals surface area (Å²) in [7, 11) is -3.38. The first-order valence-electron chi connectivity index (χ1n) is 6.38. The number of amides is 1. The minimum atomic E-state index is -3.38. The summed E-state index contributed by atoms with van der Waals surface area (Å²) in [5.41, 5.74) is 0.284. The third-order valence-electron chi connectivity index (χ3n) is 3.24. The first-order valence-corrected chi connectivity index (χ1v) is 8.03. The van der Waals surface area contributed by atoms with Crippen LogP contribution in [0.25, 0.3) is 0 Å². The van der Waals surface area contributed by atoms with E-state index in [-0.39, 0.29) is 22.1 Å². The van der Waals surface area contributed by atoms with E-state index in [1.54, 1.807) is 30.0 Å². The first kappa shape index (κ1) is 14.0. The third-order valence-corrected chi connectivity index (χ3v) is 5.02. The normalized spacial score (nSPS) is 16.4. The summed E-state index contributed by atoms with van der Waals surface area (Å²) in [6.45, 7) is 4.29. The van der Waals surface area contributed by atoms with Crippen LogP contribution in [-0.4, -0.2) is 51.2 Å². The number of carbonyl (C=O) groups is 1. The van der Waals surface area contributed by atoms with Crippen molar-refractivity contribution in [1.29, 1.82) is 0 Å². The summed E-state index contributed by atoms with van der Waals surface area (Å²) in [6, 6.07) is 6.45. The molecule has 0 spiro atoms. The Kier molecular flexibility index (Phi) is 4.21. The molecule has 5 nitrogen and oxygen atoms in total. The second kappa shape index (κ2) is 5.71. The predicted molar refractivity (Wildman–Crippen MR) is 72.9 cm³/mol. The standard InChI is InChI=1S/C13H18N2O3S/c1-2-19(17,18)12-6-4-3-5-11(12)13(16)15-9-7-14-8-10-15/h3-6,14H,2,7-10H2,1H3. The van der Waals surface area contributed by atoms with Crippen LogP contribution in [-0.2, 0) is 9.84 Å². The van der Waals surface area contributed by atoms with E-state index in [2.05, 4.69) is 5.32 Å². The highest BCUT2D eigenvalue weighted by Crippen LogP contribution is 2.19. The molecule has 1 fully saturated rings. The smallest absolute Gasteiger partial charge is 0.255 e. The van der Waals surface area contributed by atoms with Gasteiger partial charge in [-0.1, -0.05) is 19.1 Å². The van der Waals surface area contributed by atoms with E-state index in [9.17, 15) is 13.2 Å². The molecule has 0 radical (unpaired) electrons. The van der Waals surface area contributed by atoms with Crippen LogP contribution in [0.3, 0.4) is 0 Å². The Bertz CT molecular complexity index is 563. The highest BCUT2D eigenvalue weighted by molar-refractivity contribution is 7.91. The Labute approximate surface area is 113 Å². The topological polar surface area (TPSA) is 66.5 Å². The van der Waals surface area contributed by atoms with Crippen LogP contribution in [0.1, 0.15) is 17.3 Å². The summed E-state index contributed by atoms with van der Waals surface area (Å²) in [5, 5.41) is 3.16. The van der Waals surface area contributed by atoms with Gasteiger partial charge in [0.1, 0.15) is 0 Å². The van der Waals surface area contributed by atoms with Gasteiger partial charge in [0.15, 0.2) is 9.84 Å². The van der Waals surface area contributed by atoms with Gasteiger partial charge in [0.2, 0.25) is 0 Å². The van der Waals surface area contributed by atoms with Crippen LogP contribution in [0.4, 0.5) is 0 Å². The Morgan fingerprint density at radius 1 is 1.26 bits per heavy atom. The summed E-state index contributed by atoms with van der Waals surface area (Å²) in [6.07, 6.45) is 0. The molecular formula is C13H18N2O3S. The van der Waals surface area contributed by atoms with E-state index < -0.39 is 9.84 Å². The maximum absolute atomic E-state index is 12.4. The first-order chi connectivity index (χ1) is 9.06. The fraction of sp³-hybridized carbons (Fsp3) is 0.462. The van der Waals surface area contributed by atoms with Crippen molar-refractivity contribution >= 4 is 15.7 Å². The fourth-order valence-corrected chi connectivity index (χ4v) is 3.20. The molecule has 0 saturated carbocycles. The van der Waals surface area contributed by atoms with Crippen molar-refractivity contribution in [2.75, 3.05) is 31.9 Å². The Hall–Kier alpha value is -1.40. The maximum atomic E-state index is 12.4. The molecule has 1 aliphatic rings. The van der Waals surface area contributed by atoms with Gasteiger partial charge >= 0.3 is 0 Å². The van der Waals surface area contributed by atoms with Crippen molar-refractivity contribution in [2.45, 2.75) is 11.8 Å². The van der Waals surface area contributed by atoms with Crippen molar-refractivity contribution in [2.24, 2.45) is 0 Å². The second-order valence-electron chi connectivity index (χ2n) is 4.44. The highest BCUT2D eigenvalue weighted by Gasteiger charge is 2.24. The molecule has 1 aromatic rings. The second-order valence-corrected chi connectivity index (χ2v) is 6.69. The van der Waals surface area contributed by atoms with Gasteiger partial charge in [-0.3, -0.25) is 4.79 Å². The third kappa shape index (κ3) is 2.96. The van der Waals surface area contributed by atoms with Gasteiger partial charge in [-0.05, 0) is 12.1 Å². The molecule has 0 aliphatic carbocycles. The van der Waals surface area contributed by atoms with Crippen LogP contribution in [0.2, 0.25) is 0 Å². The molecule has 104 valence electrons. The lowest BCUT2D eigenvalue weighted by Gasteiger charge is -2.28. The van der Waals surface area contributed by atoms with E-state index in [4.69, 9.17) is 0 Å². The molecule has 1 heterocycles. The number of hydrogen-bond donors (Lipinski definition) is 1. The van der Waals surface area contributed by atoms with Crippen LogP contribution in [0.15, 0.2) is 29.2 Å². The van der Waals surface area contributed by atoms with Crippen LogP contribution in [0.5, 0.6) is 0 Å². The number of nitrogens with zero attached hydrogens (tertiary/aromatic N) is 1. The van der Waals surface area contributed by atoms with Gasteiger partial charge in [0.05, 0.1) is 16.2 Å². The molecule has 1 aliphatic heterocycles. The molecule has 2 rings (SSSR count). The average molecular weight is 282 g/mol. The van der Waals surface area contributed by atoms with Crippen molar-refractivity contribution < 1.29 is 13.2 Å². The van der Waals surface area contributed by atoms with Gasteiger partial charge in [-0.2, -0.15) is 0 Å². The zero-order valence-electron chi connectivity index (χ0n) is 10.9. The van der Waals surface area contributed by atoms with Crippen molar-refractivity contribution in [1.82, 2.24) is 10.2 Å². The molecule has 1 saturated heterocycles. The average Bonchev–Trinajstić information content (AvgIpc) is 2.47. The minimum Gasteiger partial charge on any atom is -0.336 e. The molecule has 1 amide bonds. The number of sulfone groups is 1. The summed E-state index contributed by atoms with van der Waals surface area (Å²) < 4.78 is 24.1. The van der Waals surface area contributed by atoms with E-state index in [1.807, 2.05) is 0 Å². The van der Waals surface area contributed by atoms with Crippen LogP contribution < -0.4 is 5.32 Å². The molecule has 1 aromatic carbocycles. The van der Waals surface area contributed by atoms with E-state index >= 15 is 0 Å². The molecule has 1 N–H and O–H groups in total. The number of piperazine rings is 1. The number of rotatable bonds is 3. The Morgan fingerprint density at radius 2 is 1.89 bits per heavy atom. The van der Waals surface area contributed by atoms with Gasteiger partial charge < -0.3 is 10.2 Å². The van der Waals surface area contributed by atoms with Gasteiger partial charge in [-0.25, -0.2) is 8.42 Å². The minimum absolute atomic E-state index is 0.00114. The quantitative estimate of drug-likeness (QED) is 0.878. The van der Waals surface area contributed by atoms with E-state index in [0.29, 0.717) is 13.1 Å². The lowest BCUT2D eigenvalue weighted by Crippen LogP contribution is -2.46. The van der Waals surface area contributed by atoms with Crippen molar-refractivity contribution in [3.05, 3.63) is 29.8 Å². The highest BCUT2D eigenvalue weighted by atomic mass is 32.2. The van der Waals surface area contributed by atoms with Crippen molar-refractivity contribution in [3.63, 3.8) is 0 Å². The Morgan fingerprint density at radius 3 is 2.53 bits per heavy atom. The van der Waals surface area contributed by atoms with E-state index in [0.717, 1.165) is 13.1 Å². The largest absolute Gasteiger partial charge is 0.336 e. The van der Waals surface area contributed by atoms with Gasteiger partial charge in [0, 0.05) is 26.2 Å². The molecule has 6 heteroatoms. The molecule has 0 atom stereocenters. The Balaban J connectivity index is 2.37. The predicted octanol–water partition coefficient (Wildman–Crippen LogP) is 0.526. The van der Waals surface area contributed by atoms with Gasteiger partial charge in [-0.15, -0.1) is 0 Å². The lowest BCUT2D eigenvalue weighted by molar-refractivity contribution is 0.0732. The zero-order chi connectivity index (χ0) is 13.9. The molecule has 0 aromatic heterocycles. The van der Waals surface area contributed by atoms with Gasteiger partial charge in [0.25, 0.3) is 5.91 Å². The lowest BCUT2D eigenvalue weighted by atomic mass is 10.2. The number of nitrogens with one attached hydrogen (secondary N) is 1. The molecule has 0 bridgehead atoms. The zero-order valence-corrected chi connectivity index (χ0v) is 11.7. The molecule has 0 unspecified atom stereocenters. The summed E-state index contributed by atoms with van der Waals surface area (Å²) in [5.74, 6) is -0.201. The maximum Gasteiger partial charge on any atom is 0.255 e. The summed E-state index contributed by atoms with van der Waals surface area (Å²) >= 11 is 0.